The average Bonchev–Trinajstić information content (AvgIpc) is 2.37. The topological polar surface area (TPSA) is 64.3 Å². The van der Waals surface area contributed by atoms with E-state index in [-0.39, 0.29) is 23.5 Å². The number of halogens is 3. The molecular weight excluding hydrogens is 293 g/mol. The molecule has 0 radical (unpaired) electrons. The molecule has 20 heavy (non-hydrogen) atoms. The number of hydrogen-bond acceptors (Lipinski definition) is 4. The van der Waals surface area contributed by atoms with Crippen molar-refractivity contribution >= 4 is 28.9 Å². The van der Waals surface area contributed by atoms with E-state index in [9.17, 15) is 18.0 Å². The first-order chi connectivity index (χ1) is 9.25. The Morgan fingerprint density at radius 3 is 2.60 bits per heavy atom. The van der Waals surface area contributed by atoms with E-state index in [0.29, 0.717) is 5.69 Å². The molecule has 0 atom stereocenters. The van der Waals surface area contributed by atoms with Crippen LogP contribution in [0.2, 0.25) is 0 Å². The summed E-state index contributed by atoms with van der Waals surface area (Å²) >= 11 is 4.63. The number of nitrogens with one attached hydrogen (secondary N) is 1. The van der Waals surface area contributed by atoms with E-state index in [2.05, 4.69) is 22.3 Å². The fourth-order valence-corrected chi connectivity index (χ4v) is 1.69. The fourth-order valence-electron chi connectivity index (χ4n) is 1.52. The molecule has 0 saturated carbocycles. The second kappa shape index (κ2) is 6.56. The molecule has 0 spiro atoms. The van der Waals surface area contributed by atoms with E-state index in [1.165, 1.54) is 19.2 Å². The van der Waals surface area contributed by atoms with Crippen molar-refractivity contribution in [1.82, 2.24) is 0 Å². The van der Waals surface area contributed by atoms with Gasteiger partial charge in [0, 0.05) is 17.8 Å². The number of methoxy groups -OCH3 is 1. The van der Waals surface area contributed by atoms with Crippen molar-refractivity contribution in [2.24, 2.45) is 5.73 Å². The van der Waals surface area contributed by atoms with Crippen molar-refractivity contribution in [3.63, 3.8) is 0 Å². The molecule has 110 valence electrons. The maximum atomic E-state index is 12.7. The third-order valence-corrected chi connectivity index (χ3v) is 2.70. The average molecular weight is 306 g/mol. The third-order valence-electron chi connectivity index (χ3n) is 2.48. The van der Waals surface area contributed by atoms with Gasteiger partial charge in [-0.05, 0) is 18.2 Å². The quantitative estimate of drug-likeness (QED) is 0.645. The van der Waals surface area contributed by atoms with Crippen LogP contribution in [0.4, 0.5) is 18.9 Å². The molecule has 0 aliphatic rings. The number of ether oxygens (including phenoxy) is 1. The summed E-state index contributed by atoms with van der Waals surface area (Å²) < 4.78 is 42.7. The Morgan fingerprint density at radius 1 is 1.45 bits per heavy atom. The largest absolute Gasteiger partial charge is 0.469 e. The minimum absolute atomic E-state index is 0.0971. The molecule has 0 aromatic heterocycles. The van der Waals surface area contributed by atoms with Gasteiger partial charge in [0.15, 0.2) is 0 Å². The number of rotatable bonds is 5. The van der Waals surface area contributed by atoms with Gasteiger partial charge in [0.1, 0.15) is 4.99 Å². The van der Waals surface area contributed by atoms with Crippen LogP contribution in [-0.2, 0) is 15.7 Å². The second-order valence-electron chi connectivity index (χ2n) is 3.88. The van der Waals surface area contributed by atoms with Gasteiger partial charge < -0.3 is 15.8 Å². The number of alkyl halides is 3. The lowest BCUT2D eigenvalue weighted by Gasteiger charge is -2.14. The number of anilines is 1. The number of hydrogen-bond donors (Lipinski definition) is 2. The third kappa shape index (κ3) is 4.37. The van der Waals surface area contributed by atoms with Gasteiger partial charge in [-0.15, -0.1) is 0 Å². The summed E-state index contributed by atoms with van der Waals surface area (Å²) in [6.07, 6.45) is -4.43. The molecule has 1 rings (SSSR count). The first kappa shape index (κ1) is 16.2. The predicted molar refractivity (Wildman–Crippen MR) is 72.5 cm³/mol. The van der Waals surface area contributed by atoms with Gasteiger partial charge in [0.2, 0.25) is 0 Å². The molecule has 0 fully saturated rings. The Bertz CT molecular complexity index is 518. The highest BCUT2D eigenvalue weighted by molar-refractivity contribution is 7.80. The highest BCUT2D eigenvalue weighted by Crippen LogP contribution is 2.33. The van der Waals surface area contributed by atoms with Crippen molar-refractivity contribution in [3.05, 3.63) is 29.3 Å². The van der Waals surface area contributed by atoms with E-state index >= 15 is 0 Å². The minimum Gasteiger partial charge on any atom is -0.469 e. The Balaban J connectivity index is 2.89. The molecule has 0 saturated heterocycles. The molecule has 0 aliphatic heterocycles. The lowest BCUT2D eigenvalue weighted by Crippen LogP contribution is -2.18. The number of nitrogens with two attached hydrogens (primary N) is 1. The van der Waals surface area contributed by atoms with E-state index in [4.69, 9.17) is 5.73 Å². The van der Waals surface area contributed by atoms with Crippen molar-refractivity contribution in [2.75, 3.05) is 19.0 Å². The zero-order chi connectivity index (χ0) is 15.3. The molecule has 0 bridgehead atoms. The van der Waals surface area contributed by atoms with E-state index in [1.54, 1.807) is 0 Å². The summed E-state index contributed by atoms with van der Waals surface area (Å²) in [5, 5.41) is 2.80. The number of benzene rings is 1. The monoisotopic (exact) mass is 306 g/mol. The van der Waals surface area contributed by atoms with Crippen LogP contribution >= 0.6 is 12.2 Å². The normalized spacial score (nSPS) is 11.0. The first-order valence-electron chi connectivity index (χ1n) is 5.57. The fraction of sp³-hybridized carbons (Fsp3) is 0.333. The number of carbonyl (C=O) groups excluding carboxylic acids is 1. The minimum atomic E-state index is -4.52. The zero-order valence-electron chi connectivity index (χ0n) is 10.6. The Hall–Kier alpha value is -1.83. The predicted octanol–water partition coefficient (Wildman–Crippen LogP) is 2.31. The molecule has 1 aromatic carbocycles. The zero-order valence-corrected chi connectivity index (χ0v) is 11.4. The van der Waals surface area contributed by atoms with Crippen molar-refractivity contribution in [3.8, 4) is 0 Å². The molecule has 1 aromatic rings. The summed E-state index contributed by atoms with van der Waals surface area (Å²) in [5.41, 5.74) is 4.56. The lowest BCUT2D eigenvalue weighted by atomic mass is 10.1. The van der Waals surface area contributed by atoms with Crippen molar-refractivity contribution < 1.29 is 22.7 Å². The van der Waals surface area contributed by atoms with Gasteiger partial charge in [0.25, 0.3) is 0 Å². The van der Waals surface area contributed by atoms with Crippen molar-refractivity contribution in [2.45, 2.75) is 12.6 Å². The second-order valence-corrected chi connectivity index (χ2v) is 4.32. The smallest absolute Gasteiger partial charge is 0.417 e. The highest BCUT2D eigenvalue weighted by atomic mass is 32.1. The molecular formula is C12H13F3N2O2S. The van der Waals surface area contributed by atoms with Crippen molar-refractivity contribution in [1.29, 1.82) is 0 Å². The van der Waals surface area contributed by atoms with Crippen LogP contribution in [0.1, 0.15) is 17.5 Å². The lowest BCUT2D eigenvalue weighted by molar-refractivity contribution is -0.140. The number of esters is 1. The molecule has 3 N–H and O–H groups in total. The van der Waals surface area contributed by atoms with Crippen LogP contribution in [0.25, 0.3) is 0 Å². The molecule has 0 aliphatic carbocycles. The summed E-state index contributed by atoms with van der Waals surface area (Å²) in [6.45, 7) is 0.231. The van der Waals surface area contributed by atoms with Crippen LogP contribution in [0.5, 0.6) is 0 Å². The van der Waals surface area contributed by atoms with Crippen LogP contribution in [0.3, 0.4) is 0 Å². The van der Waals surface area contributed by atoms with E-state index in [1.807, 2.05) is 0 Å². The number of thiocarbonyl (C=S) groups is 1. The summed E-state index contributed by atoms with van der Waals surface area (Å²) in [5.74, 6) is -0.418. The van der Waals surface area contributed by atoms with Crippen LogP contribution in [0.15, 0.2) is 18.2 Å². The standard InChI is InChI=1S/C12H13F3N2O2S/c1-19-10(18)4-5-17-7-2-3-9(12(13,14)15)8(6-7)11(16)20/h2-3,6,17H,4-5H2,1H3,(H2,16,20). The van der Waals surface area contributed by atoms with Gasteiger partial charge >= 0.3 is 12.1 Å². The van der Waals surface area contributed by atoms with Gasteiger partial charge in [-0.25, -0.2) is 0 Å². The molecule has 0 unspecified atom stereocenters. The maximum Gasteiger partial charge on any atom is 0.417 e. The molecule has 4 nitrogen and oxygen atoms in total. The van der Waals surface area contributed by atoms with Gasteiger partial charge in [-0.2, -0.15) is 13.2 Å². The summed E-state index contributed by atoms with van der Waals surface area (Å²) in [6, 6.07) is 3.36. The molecule has 0 amide bonds. The molecule has 0 heterocycles. The van der Waals surface area contributed by atoms with E-state index in [0.717, 1.165) is 6.07 Å². The Morgan fingerprint density at radius 2 is 2.10 bits per heavy atom. The van der Waals surface area contributed by atoms with Crippen LogP contribution < -0.4 is 11.1 Å². The highest BCUT2D eigenvalue weighted by Gasteiger charge is 2.34. The first-order valence-corrected chi connectivity index (χ1v) is 5.98. The molecule has 8 heteroatoms. The SMILES string of the molecule is COC(=O)CCNc1ccc(C(F)(F)F)c(C(N)=S)c1. The van der Waals surface area contributed by atoms with E-state index < -0.39 is 17.7 Å². The van der Waals surface area contributed by atoms with Gasteiger partial charge in [-0.1, -0.05) is 12.2 Å². The van der Waals surface area contributed by atoms with Crippen LogP contribution in [-0.4, -0.2) is 24.6 Å². The van der Waals surface area contributed by atoms with Gasteiger partial charge in [0.05, 0.1) is 19.1 Å². The summed E-state index contributed by atoms with van der Waals surface area (Å²) in [4.78, 5) is 10.6. The summed E-state index contributed by atoms with van der Waals surface area (Å²) in [7, 11) is 1.26. The Labute approximate surface area is 119 Å². The maximum absolute atomic E-state index is 12.7. The number of carbonyl (C=O) groups is 1. The van der Waals surface area contributed by atoms with Gasteiger partial charge in [-0.3, -0.25) is 4.79 Å². The van der Waals surface area contributed by atoms with Crippen LogP contribution in [0, 0.1) is 0 Å². The Kier molecular flexibility index (Phi) is 5.32.